The average Bonchev–Trinajstić information content (AvgIpc) is 2.93. The second-order valence-electron chi connectivity index (χ2n) is 5.23. The Morgan fingerprint density at radius 1 is 1.25 bits per heavy atom. The zero-order valence-corrected chi connectivity index (χ0v) is 12.6. The molecule has 0 saturated carbocycles. The summed E-state index contributed by atoms with van der Waals surface area (Å²) in [6.07, 6.45) is 1.19. The number of aromatic amines is 1. The predicted octanol–water partition coefficient (Wildman–Crippen LogP) is 3.94. The number of nitrogens with one attached hydrogen (secondary N) is 1. The minimum Gasteiger partial charge on any atom is -0.288 e. The smallest absolute Gasteiger partial charge is 0.203 e. The number of halogens is 2. The van der Waals surface area contributed by atoms with Crippen molar-refractivity contribution in [1.29, 1.82) is 5.26 Å². The van der Waals surface area contributed by atoms with Crippen LogP contribution in [0.15, 0.2) is 42.0 Å². The van der Waals surface area contributed by atoms with E-state index < -0.39 is 17.4 Å². The van der Waals surface area contributed by atoms with Gasteiger partial charge < -0.3 is 0 Å². The fourth-order valence-electron chi connectivity index (χ4n) is 2.36. The van der Waals surface area contributed by atoms with Crippen LogP contribution in [-0.2, 0) is 0 Å². The SMILES string of the molecule is Cc1n[nH]c2cc(F)c(C=C(C#N)C(=O)c3ccc(F)cc3)cc12. The van der Waals surface area contributed by atoms with Gasteiger partial charge in [-0.3, -0.25) is 9.89 Å². The molecule has 0 aliphatic carbocycles. The molecule has 0 fully saturated rings. The van der Waals surface area contributed by atoms with Gasteiger partial charge in [0.2, 0.25) is 5.78 Å². The van der Waals surface area contributed by atoms with Crippen LogP contribution < -0.4 is 0 Å². The number of aryl methyl sites for hydroxylation is 1. The second kappa shape index (κ2) is 6.05. The van der Waals surface area contributed by atoms with E-state index in [9.17, 15) is 18.8 Å². The maximum Gasteiger partial charge on any atom is 0.203 e. The van der Waals surface area contributed by atoms with Crippen LogP contribution in [0.3, 0.4) is 0 Å². The van der Waals surface area contributed by atoms with Crippen molar-refractivity contribution in [2.45, 2.75) is 6.92 Å². The zero-order chi connectivity index (χ0) is 17.3. The van der Waals surface area contributed by atoms with E-state index in [2.05, 4.69) is 10.2 Å². The number of nitrogens with zero attached hydrogens (tertiary/aromatic N) is 2. The van der Waals surface area contributed by atoms with Gasteiger partial charge in [-0.05, 0) is 43.3 Å². The van der Waals surface area contributed by atoms with Crippen molar-refractivity contribution in [3.63, 3.8) is 0 Å². The number of ketones is 1. The minimum absolute atomic E-state index is 0.110. The van der Waals surface area contributed by atoms with Crippen LogP contribution in [0.25, 0.3) is 17.0 Å². The summed E-state index contributed by atoms with van der Waals surface area (Å²) in [4.78, 5) is 12.3. The lowest BCUT2D eigenvalue weighted by Crippen LogP contribution is -2.02. The lowest BCUT2D eigenvalue weighted by molar-refractivity contribution is 0.104. The van der Waals surface area contributed by atoms with Gasteiger partial charge in [0.25, 0.3) is 0 Å². The maximum atomic E-state index is 14.2. The first-order chi connectivity index (χ1) is 11.5. The lowest BCUT2D eigenvalue weighted by Gasteiger charge is -2.02. The highest BCUT2D eigenvalue weighted by Crippen LogP contribution is 2.23. The number of fused-ring (bicyclic) bond motifs is 1. The average molecular weight is 323 g/mol. The minimum atomic E-state index is -0.596. The molecule has 0 aliphatic heterocycles. The largest absolute Gasteiger partial charge is 0.288 e. The van der Waals surface area contributed by atoms with Crippen LogP contribution in [0.5, 0.6) is 0 Å². The van der Waals surface area contributed by atoms with E-state index in [1.54, 1.807) is 13.0 Å². The highest BCUT2D eigenvalue weighted by Gasteiger charge is 2.14. The van der Waals surface area contributed by atoms with Crippen molar-refractivity contribution in [3.05, 3.63) is 70.4 Å². The molecule has 0 unspecified atom stereocenters. The van der Waals surface area contributed by atoms with E-state index in [1.165, 1.54) is 30.3 Å². The fraction of sp³-hybridized carbons (Fsp3) is 0.0556. The number of hydrogen-bond donors (Lipinski definition) is 1. The fourth-order valence-corrected chi connectivity index (χ4v) is 2.36. The first-order valence-electron chi connectivity index (χ1n) is 7.06. The lowest BCUT2D eigenvalue weighted by atomic mass is 10.0. The van der Waals surface area contributed by atoms with Gasteiger partial charge in [-0.15, -0.1) is 0 Å². The zero-order valence-electron chi connectivity index (χ0n) is 12.6. The number of allylic oxidation sites excluding steroid dienone is 1. The summed E-state index contributed by atoms with van der Waals surface area (Å²) in [7, 11) is 0. The standard InChI is InChI=1S/C18H11F2N3O/c1-10-15-7-12(16(20)8-17(15)23-22-10)6-13(9-21)18(24)11-2-4-14(19)5-3-11/h2-8H,1H3,(H,22,23). The van der Waals surface area contributed by atoms with Crippen LogP contribution in [0.1, 0.15) is 21.6 Å². The number of hydrogen-bond acceptors (Lipinski definition) is 3. The van der Waals surface area contributed by atoms with Gasteiger partial charge >= 0.3 is 0 Å². The first kappa shape index (κ1) is 15.6. The van der Waals surface area contributed by atoms with E-state index in [1.807, 2.05) is 0 Å². The molecule has 0 saturated heterocycles. The van der Waals surface area contributed by atoms with Crippen molar-refractivity contribution in [2.24, 2.45) is 0 Å². The van der Waals surface area contributed by atoms with Gasteiger partial charge in [-0.2, -0.15) is 10.4 Å². The maximum absolute atomic E-state index is 14.2. The molecule has 2 aromatic carbocycles. The third-order valence-electron chi connectivity index (χ3n) is 3.64. The van der Waals surface area contributed by atoms with Gasteiger partial charge in [0.1, 0.15) is 23.3 Å². The third kappa shape index (κ3) is 2.79. The van der Waals surface area contributed by atoms with E-state index in [0.717, 1.165) is 12.1 Å². The van der Waals surface area contributed by atoms with E-state index >= 15 is 0 Å². The Kier molecular flexibility index (Phi) is 3.92. The van der Waals surface area contributed by atoms with Crippen LogP contribution >= 0.6 is 0 Å². The van der Waals surface area contributed by atoms with Gasteiger partial charge in [0.15, 0.2) is 0 Å². The van der Waals surface area contributed by atoms with E-state index in [-0.39, 0.29) is 16.7 Å². The van der Waals surface area contributed by atoms with Crippen LogP contribution in [0.2, 0.25) is 0 Å². The Morgan fingerprint density at radius 3 is 2.62 bits per heavy atom. The van der Waals surface area contributed by atoms with Gasteiger partial charge in [0.05, 0.1) is 11.2 Å². The van der Waals surface area contributed by atoms with Crippen molar-refractivity contribution in [3.8, 4) is 6.07 Å². The summed E-state index contributed by atoms with van der Waals surface area (Å²) in [5.74, 6) is -1.66. The Labute approximate surface area is 136 Å². The number of Topliss-reactive ketones (excluding diaryl/α,β-unsaturated/α-hetero) is 1. The van der Waals surface area contributed by atoms with E-state index in [0.29, 0.717) is 16.6 Å². The van der Waals surface area contributed by atoms with Crippen LogP contribution in [-0.4, -0.2) is 16.0 Å². The molecule has 24 heavy (non-hydrogen) atoms. The molecule has 0 amide bonds. The topological polar surface area (TPSA) is 69.5 Å². The third-order valence-corrected chi connectivity index (χ3v) is 3.64. The molecule has 0 aliphatic rings. The molecule has 4 nitrogen and oxygen atoms in total. The molecule has 3 aromatic rings. The molecule has 1 heterocycles. The van der Waals surface area contributed by atoms with Gasteiger partial charge in [-0.25, -0.2) is 8.78 Å². The molecule has 1 N–H and O–H groups in total. The second-order valence-corrected chi connectivity index (χ2v) is 5.23. The van der Waals surface area contributed by atoms with Crippen molar-refractivity contribution in [2.75, 3.05) is 0 Å². The first-order valence-corrected chi connectivity index (χ1v) is 7.06. The van der Waals surface area contributed by atoms with Crippen molar-refractivity contribution < 1.29 is 13.6 Å². The summed E-state index contributed by atoms with van der Waals surface area (Å²) >= 11 is 0. The molecule has 6 heteroatoms. The molecule has 0 atom stereocenters. The molecule has 0 spiro atoms. The molecule has 1 aromatic heterocycles. The summed E-state index contributed by atoms with van der Waals surface area (Å²) in [6.45, 7) is 1.76. The molecular formula is C18H11F2N3O. The number of rotatable bonds is 3. The highest BCUT2D eigenvalue weighted by molar-refractivity contribution is 6.14. The summed E-state index contributed by atoms with van der Waals surface area (Å²) in [5, 5.41) is 16.6. The van der Waals surface area contributed by atoms with Crippen molar-refractivity contribution in [1.82, 2.24) is 10.2 Å². The van der Waals surface area contributed by atoms with Crippen LogP contribution in [0.4, 0.5) is 8.78 Å². The number of carbonyl (C=O) groups is 1. The number of nitriles is 1. The Bertz CT molecular complexity index is 1010. The quantitative estimate of drug-likeness (QED) is 0.451. The van der Waals surface area contributed by atoms with Crippen LogP contribution in [0, 0.1) is 29.9 Å². The molecule has 3 rings (SSSR count). The summed E-state index contributed by atoms with van der Waals surface area (Å²) < 4.78 is 27.1. The monoisotopic (exact) mass is 323 g/mol. The molecule has 118 valence electrons. The van der Waals surface area contributed by atoms with E-state index in [4.69, 9.17) is 0 Å². The Balaban J connectivity index is 2.06. The van der Waals surface area contributed by atoms with Crippen molar-refractivity contribution >= 4 is 22.8 Å². The summed E-state index contributed by atoms with van der Waals surface area (Å²) in [5.41, 5.74) is 1.25. The summed E-state index contributed by atoms with van der Waals surface area (Å²) in [6, 6.07) is 9.38. The Morgan fingerprint density at radius 2 is 1.96 bits per heavy atom. The number of H-pyrrole nitrogens is 1. The number of benzene rings is 2. The molecular weight excluding hydrogens is 312 g/mol. The van der Waals surface area contributed by atoms with Gasteiger partial charge in [0, 0.05) is 22.6 Å². The Hall–Kier alpha value is -3.33. The van der Waals surface area contributed by atoms with Gasteiger partial charge in [-0.1, -0.05) is 0 Å². The molecule has 0 radical (unpaired) electrons. The molecule has 0 bridgehead atoms. The number of carbonyl (C=O) groups excluding carboxylic acids is 1. The predicted molar refractivity (Wildman–Crippen MR) is 85.1 cm³/mol. The normalized spacial score (nSPS) is 11.5. The number of aromatic nitrogens is 2. The highest BCUT2D eigenvalue weighted by atomic mass is 19.1.